The highest BCUT2D eigenvalue weighted by Crippen LogP contribution is 2.32. The van der Waals surface area contributed by atoms with E-state index in [9.17, 15) is 0 Å². The number of rotatable bonds is 4. The van der Waals surface area contributed by atoms with Gasteiger partial charge in [-0.15, -0.1) is 0 Å². The van der Waals surface area contributed by atoms with Crippen molar-refractivity contribution < 1.29 is 4.42 Å². The first-order valence-corrected chi connectivity index (χ1v) is 7.02. The Bertz CT molecular complexity index is 521. The lowest BCUT2D eigenvalue weighted by molar-refractivity contribution is 0.229. The average Bonchev–Trinajstić information content (AvgIpc) is 3.06. The van der Waals surface area contributed by atoms with Crippen LogP contribution < -0.4 is 0 Å². The molecule has 1 aliphatic rings. The van der Waals surface area contributed by atoms with Crippen molar-refractivity contribution in [3.63, 3.8) is 0 Å². The molecule has 1 fully saturated rings. The van der Waals surface area contributed by atoms with Crippen molar-refractivity contribution in [2.24, 2.45) is 0 Å². The fourth-order valence-electron chi connectivity index (χ4n) is 2.87. The molecule has 3 heterocycles. The molecule has 100 valence electrons. The van der Waals surface area contributed by atoms with Gasteiger partial charge in [0.1, 0.15) is 11.5 Å². The number of furan rings is 1. The van der Waals surface area contributed by atoms with Gasteiger partial charge in [-0.3, -0.25) is 9.88 Å². The van der Waals surface area contributed by atoms with Gasteiger partial charge in [-0.1, -0.05) is 6.07 Å². The summed E-state index contributed by atoms with van der Waals surface area (Å²) in [5, 5.41) is 0. The maximum atomic E-state index is 5.80. The summed E-state index contributed by atoms with van der Waals surface area (Å²) in [7, 11) is 0. The zero-order chi connectivity index (χ0) is 13.1. The van der Waals surface area contributed by atoms with Crippen LogP contribution in [0.4, 0.5) is 0 Å². The Hall–Kier alpha value is -1.61. The summed E-state index contributed by atoms with van der Waals surface area (Å²) in [6.45, 7) is 4.26. The van der Waals surface area contributed by atoms with E-state index in [1.54, 1.807) is 0 Å². The van der Waals surface area contributed by atoms with Crippen molar-refractivity contribution in [3.05, 3.63) is 53.7 Å². The molecule has 0 aromatic carbocycles. The average molecular weight is 256 g/mol. The summed E-state index contributed by atoms with van der Waals surface area (Å²) in [4.78, 5) is 6.71. The normalized spacial score (nSPS) is 19.9. The second kappa shape index (κ2) is 5.57. The largest absolute Gasteiger partial charge is 0.465 e. The second-order valence-corrected chi connectivity index (χ2v) is 5.25. The van der Waals surface area contributed by atoms with Gasteiger partial charge in [0.15, 0.2) is 0 Å². The van der Waals surface area contributed by atoms with Crippen LogP contribution in [0.2, 0.25) is 0 Å². The van der Waals surface area contributed by atoms with Crippen LogP contribution in [0.1, 0.15) is 36.0 Å². The third kappa shape index (κ3) is 2.87. The summed E-state index contributed by atoms with van der Waals surface area (Å²) in [5.74, 6) is 2.13. The van der Waals surface area contributed by atoms with Crippen molar-refractivity contribution in [1.29, 1.82) is 0 Å². The number of hydrogen-bond acceptors (Lipinski definition) is 3. The predicted molar refractivity (Wildman–Crippen MR) is 74.9 cm³/mol. The molecule has 1 unspecified atom stereocenters. The van der Waals surface area contributed by atoms with Gasteiger partial charge in [-0.05, 0) is 56.5 Å². The van der Waals surface area contributed by atoms with Crippen LogP contribution in [-0.2, 0) is 6.42 Å². The molecule has 1 aliphatic heterocycles. The molecule has 1 atom stereocenters. The highest BCUT2D eigenvalue weighted by atomic mass is 16.3. The van der Waals surface area contributed by atoms with Crippen molar-refractivity contribution in [2.75, 3.05) is 13.1 Å². The molecule has 0 aliphatic carbocycles. The van der Waals surface area contributed by atoms with Gasteiger partial charge in [0.2, 0.25) is 0 Å². The first-order chi connectivity index (χ1) is 9.33. The Labute approximate surface area is 114 Å². The smallest absolute Gasteiger partial charge is 0.121 e. The van der Waals surface area contributed by atoms with Gasteiger partial charge >= 0.3 is 0 Å². The fourth-order valence-corrected chi connectivity index (χ4v) is 2.87. The van der Waals surface area contributed by atoms with Gasteiger partial charge in [0.25, 0.3) is 0 Å². The summed E-state index contributed by atoms with van der Waals surface area (Å²) in [6, 6.07) is 8.81. The molecule has 2 aromatic heterocycles. The van der Waals surface area contributed by atoms with E-state index in [1.807, 2.05) is 25.4 Å². The SMILES string of the molecule is Cc1ccc(C2CCCN2CCc2cccnc2)o1. The highest BCUT2D eigenvalue weighted by Gasteiger charge is 2.27. The monoisotopic (exact) mass is 256 g/mol. The molecule has 0 amide bonds. The Morgan fingerprint density at radius 3 is 3.05 bits per heavy atom. The number of aryl methyl sites for hydroxylation is 1. The molecule has 0 N–H and O–H groups in total. The molecule has 3 nitrogen and oxygen atoms in total. The molecular weight excluding hydrogens is 236 g/mol. The summed E-state index contributed by atoms with van der Waals surface area (Å²) in [5.41, 5.74) is 1.31. The number of hydrogen-bond donors (Lipinski definition) is 0. The Balaban J connectivity index is 1.64. The van der Waals surface area contributed by atoms with E-state index < -0.39 is 0 Å². The minimum absolute atomic E-state index is 0.463. The molecule has 0 radical (unpaired) electrons. The van der Waals surface area contributed by atoms with E-state index in [1.165, 1.54) is 24.9 Å². The molecule has 3 heteroatoms. The second-order valence-electron chi connectivity index (χ2n) is 5.25. The number of likely N-dealkylation sites (tertiary alicyclic amines) is 1. The number of nitrogens with zero attached hydrogens (tertiary/aromatic N) is 2. The van der Waals surface area contributed by atoms with Gasteiger partial charge in [0.05, 0.1) is 6.04 Å². The van der Waals surface area contributed by atoms with Crippen LogP contribution in [0.25, 0.3) is 0 Å². The first kappa shape index (κ1) is 12.4. The van der Waals surface area contributed by atoms with Gasteiger partial charge in [0, 0.05) is 18.9 Å². The maximum Gasteiger partial charge on any atom is 0.121 e. The van der Waals surface area contributed by atoms with Gasteiger partial charge in [-0.2, -0.15) is 0 Å². The van der Waals surface area contributed by atoms with E-state index in [4.69, 9.17) is 4.42 Å². The minimum atomic E-state index is 0.463. The zero-order valence-electron chi connectivity index (χ0n) is 11.4. The quantitative estimate of drug-likeness (QED) is 0.840. The van der Waals surface area contributed by atoms with Crippen LogP contribution in [0.3, 0.4) is 0 Å². The van der Waals surface area contributed by atoms with Gasteiger partial charge < -0.3 is 4.42 Å². The lowest BCUT2D eigenvalue weighted by Crippen LogP contribution is -2.25. The molecule has 2 aromatic rings. The fraction of sp³-hybridized carbons (Fsp3) is 0.438. The molecule has 0 spiro atoms. The summed E-state index contributed by atoms with van der Waals surface area (Å²) >= 11 is 0. The van der Waals surface area contributed by atoms with Crippen LogP contribution >= 0.6 is 0 Å². The van der Waals surface area contributed by atoms with Crippen molar-refractivity contribution in [1.82, 2.24) is 9.88 Å². The lowest BCUT2D eigenvalue weighted by atomic mass is 10.1. The zero-order valence-corrected chi connectivity index (χ0v) is 11.4. The van der Waals surface area contributed by atoms with Crippen molar-refractivity contribution in [2.45, 2.75) is 32.2 Å². The van der Waals surface area contributed by atoms with E-state index >= 15 is 0 Å². The van der Waals surface area contributed by atoms with Crippen LogP contribution in [0.5, 0.6) is 0 Å². The first-order valence-electron chi connectivity index (χ1n) is 7.02. The van der Waals surface area contributed by atoms with Gasteiger partial charge in [-0.25, -0.2) is 0 Å². The molecular formula is C16H20N2O. The lowest BCUT2D eigenvalue weighted by Gasteiger charge is -2.22. The van der Waals surface area contributed by atoms with Crippen LogP contribution in [0.15, 0.2) is 41.1 Å². The van der Waals surface area contributed by atoms with E-state index in [0.717, 1.165) is 24.5 Å². The summed E-state index contributed by atoms with van der Waals surface area (Å²) < 4.78 is 5.80. The number of aromatic nitrogens is 1. The third-order valence-electron chi connectivity index (χ3n) is 3.86. The van der Waals surface area contributed by atoms with E-state index in [2.05, 4.69) is 28.1 Å². The van der Waals surface area contributed by atoms with E-state index in [-0.39, 0.29) is 0 Å². The topological polar surface area (TPSA) is 29.3 Å². The van der Waals surface area contributed by atoms with Crippen molar-refractivity contribution in [3.8, 4) is 0 Å². The highest BCUT2D eigenvalue weighted by molar-refractivity contribution is 5.12. The molecule has 0 bridgehead atoms. The Morgan fingerprint density at radius 2 is 2.32 bits per heavy atom. The van der Waals surface area contributed by atoms with E-state index in [0.29, 0.717) is 6.04 Å². The van der Waals surface area contributed by atoms with Crippen molar-refractivity contribution >= 4 is 0 Å². The summed E-state index contributed by atoms with van der Waals surface area (Å²) in [6.07, 6.45) is 7.32. The standard InChI is InChI=1S/C16H20N2O/c1-13-6-7-16(19-13)15-5-3-10-18(15)11-8-14-4-2-9-17-12-14/h2,4,6-7,9,12,15H,3,5,8,10-11H2,1H3. The number of pyridine rings is 1. The molecule has 0 saturated carbocycles. The molecule has 1 saturated heterocycles. The Morgan fingerprint density at radius 1 is 1.37 bits per heavy atom. The Kier molecular flexibility index (Phi) is 3.65. The predicted octanol–water partition coefficient (Wildman–Crippen LogP) is 3.36. The van der Waals surface area contributed by atoms with Crippen LogP contribution in [-0.4, -0.2) is 23.0 Å². The molecule has 3 rings (SSSR count). The molecule has 19 heavy (non-hydrogen) atoms. The third-order valence-corrected chi connectivity index (χ3v) is 3.86. The minimum Gasteiger partial charge on any atom is -0.465 e. The maximum absolute atomic E-state index is 5.80. The van der Waals surface area contributed by atoms with Crippen LogP contribution in [0, 0.1) is 6.92 Å².